The van der Waals surface area contributed by atoms with E-state index in [1.807, 2.05) is 18.2 Å². The molecule has 0 bridgehead atoms. The quantitative estimate of drug-likeness (QED) is 0.697. The Labute approximate surface area is 109 Å². The molecule has 0 atom stereocenters. The SMILES string of the molecule is O=c1[nH][nH]c2cccc(N3Cc4ccccc4C3)c12. The van der Waals surface area contributed by atoms with E-state index in [0.717, 1.165) is 29.7 Å². The predicted molar refractivity (Wildman–Crippen MR) is 75.2 cm³/mol. The van der Waals surface area contributed by atoms with Crippen molar-refractivity contribution in [3.63, 3.8) is 0 Å². The number of anilines is 1. The van der Waals surface area contributed by atoms with Gasteiger partial charge in [-0.25, -0.2) is 0 Å². The van der Waals surface area contributed by atoms with E-state index in [-0.39, 0.29) is 5.56 Å². The number of aromatic amines is 2. The topological polar surface area (TPSA) is 51.9 Å². The second kappa shape index (κ2) is 3.75. The van der Waals surface area contributed by atoms with E-state index in [1.54, 1.807) is 0 Å². The Kier molecular flexibility index (Phi) is 2.06. The number of benzene rings is 2. The van der Waals surface area contributed by atoms with Crippen LogP contribution >= 0.6 is 0 Å². The van der Waals surface area contributed by atoms with Gasteiger partial charge in [0.2, 0.25) is 0 Å². The highest BCUT2D eigenvalue weighted by Crippen LogP contribution is 2.31. The normalized spacial score (nSPS) is 14.0. The zero-order chi connectivity index (χ0) is 12.8. The lowest BCUT2D eigenvalue weighted by Gasteiger charge is -2.18. The van der Waals surface area contributed by atoms with E-state index >= 15 is 0 Å². The molecule has 4 nitrogen and oxygen atoms in total. The van der Waals surface area contributed by atoms with Crippen LogP contribution in [-0.4, -0.2) is 10.2 Å². The molecule has 4 heteroatoms. The van der Waals surface area contributed by atoms with Crippen LogP contribution in [0.4, 0.5) is 5.69 Å². The van der Waals surface area contributed by atoms with Gasteiger partial charge in [0, 0.05) is 13.1 Å². The summed E-state index contributed by atoms with van der Waals surface area (Å²) in [6, 6.07) is 14.3. The van der Waals surface area contributed by atoms with Gasteiger partial charge in [0.25, 0.3) is 5.56 Å². The Bertz CT molecular complexity index is 790. The lowest BCUT2D eigenvalue weighted by Crippen LogP contribution is -2.16. The molecule has 19 heavy (non-hydrogen) atoms. The molecule has 2 heterocycles. The van der Waals surface area contributed by atoms with Gasteiger partial charge in [-0.2, -0.15) is 0 Å². The molecule has 4 rings (SSSR count). The van der Waals surface area contributed by atoms with Crippen molar-refractivity contribution in [3.05, 3.63) is 63.9 Å². The van der Waals surface area contributed by atoms with Crippen molar-refractivity contribution >= 4 is 16.6 Å². The Morgan fingerprint density at radius 1 is 0.895 bits per heavy atom. The molecular formula is C15H13N3O. The maximum atomic E-state index is 11.9. The molecule has 0 fully saturated rings. The van der Waals surface area contributed by atoms with Crippen LogP contribution in [0.1, 0.15) is 11.1 Å². The molecule has 0 amide bonds. The molecule has 0 saturated carbocycles. The first kappa shape index (κ1) is 10.4. The summed E-state index contributed by atoms with van der Waals surface area (Å²) in [7, 11) is 0. The van der Waals surface area contributed by atoms with Crippen molar-refractivity contribution in [1.82, 2.24) is 10.2 Å². The van der Waals surface area contributed by atoms with Crippen molar-refractivity contribution in [2.75, 3.05) is 4.90 Å². The molecule has 94 valence electrons. The maximum Gasteiger partial charge on any atom is 0.273 e. The highest BCUT2D eigenvalue weighted by molar-refractivity contribution is 5.91. The minimum absolute atomic E-state index is 0.0541. The highest BCUT2D eigenvalue weighted by Gasteiger charge is 2.21. The standard InChI is InChI=1S/C15H13N3O/c19-15-14-12(16-17-15)6-3-7-13(14)18-8-10-4-1-2-5-11(10)9-18/h1-7H,8-9H2,(H2,16,17,19). The first-order valence-corrected chi connectivity index (χ1v) is 6.34. The third-order valence-corrected chi connectivity index (χ3v) is 3.76. The van der Waals surface area contributed by atoms with Crippen molar-refractivity contribution in [2.45, 2.75) is 13.1 Å². The Morgan fingerprint density at radius 2 is 1.63 bits per heavy atom. The fourth-order valence-corrected chi connectivity index (χ4v) is 2.84. The molecule has 2 aromatic carbocycles. The summed E-state index contributed by atoms with van der Waals surface area (Å²) in [6.07, 6.45) is 0. The lowest BCUT2D eigenvalue weighted by atomic mass is 10.1. The fourth-order valence-electron chi connectivity index (χ4n) is 2.84. The van der Waals surface area contributed by atoms with Gasteiger partial charge in [-0.15, -0.1) is 0 Å². The molecule has 1 aromatic heterocycles. The average molecular weight is 251 g/mol. The summed E-state index contributed by atoms with van der Waals surface area (Å²) < 4.78 is 0. The third-order valence-electron chi connectivity index (χ3n) is 3.76. The van der Waals surface area contributed by atoms with Crippen LogP contribution in [0, 0.1) is 0 Å². The van der Waals surface area contributed by atoms with Crippen LogP contribution < -0.4 is 10.5 Å². The smallest absolute Gasteiger partial charge is 0.273 e. The van der Waals surface area contributed by atoms with Gasteiger partial charge in [-0.05, 0) is 23.3 Å². The van der Waals surface area contributed by atoms with E-state index in [9.17, 15) is 4.79 Å². The van der Waals surface area contributed by atoms with E-state index in [4.69, 9.17) is 0 Å². The summed E-state index contributed by atoms with van der Waals surface area (Å²) in [5.74, 6) is 0. The molecule has 0 saturated heterocycles. The van der Waals surface area contributed by atoms with Crippen molar-refractivity contribution < 1.29 is 0 Å². The molecule has 0 radical (unpaired) electrons. The Hall–Kier alpha value is -2.49. The number of hydrogen-bond acceptors (Lipinski definition) is 2. The number of fused-ring (bicyclic) bond motifs is 2. The molecule has 0 aliphatic carbocycles. The molecule has 1 aliphatic heterocycles. The highest BCUT2D eigenvalue weighted by atomic mass is 16.1. The maximum absolute atomic E-state index is 11.9. The molecule has 1 aliphatic rings. The number of nitrogens with zero attached hydrogens (tertiary/aromatic N) is 1. The third kappa shape index (κ3) is 1.50. The second-order valence-electron chi connectivity index (χ2n) is 4.90. The van der Waals surface area contributed by atoms with Crippen LogP contribution in [-0.2, 0) is 13.1 Å². The predicted octanol–water partition coefficient (Wildman–Crippen LogP) is 2.38. The largest absolute Gasteiger partial charge is 0.362 e. The summed E-state index contributed by atoms with van der Waals surface area (Å²) in [5.41, 5.74) is 4.48. The van der Waals surface area contributed by atoms with Crippen LogP contribution in [0.15, 0.2) is 47.3 Å². The molecule has 2 N–H and O–H groups in total. The van der Waals surface area contributed by atoms with Gasteiger partial charge >= 0.3 is 0 Å². The number of rotatable bonds is 1. The van der Waals surface area contributed by atoms with Crippen LogP contribution in [0.5, 0.6) is 0 Å². The average Bonchev–Trinajstić information content (AvgIpc) is 3.03. The summed E-state index contributed by atoms with van der Waals surface area (Å²) in [6.45, 7) is 1.72. The monoisotopic (exact) mass is 251 g/mol. The van der Waals surface area contributed by atoms with Gasteiger partial charge in [-0.1, -0.05) is 30.3 Å². The first-order valence-electron chi connectivity index (χ1n) is 6.34. The summed E-state index contributed by atoms with van der Waals surface area (Å²) in [4.78, 5) is 14.2. The Morgan fingerprint density at radius 3 is 2.37 bits per heavy atom. The second-order valence-corrected chi connectivity index (χ2v) is 4.90. The number of nitrogens with one attached hydrogen (secondary N) is 2. The zero-order valence-electron chi connectivity index (χ0n) is 10.3. The molecule has 0 unspecified atom stereocenters. The van der Waals surface area contributed by atoms with Gasteiger partial charge in [0.05, 0.1) is 16.6 Å². The number of H-pyrrole nitrogens is 2. The van der Waals surface area contributed by atoms with Crippen LogP contribution in [0.25, 0.3) is 10.9 Å². The molecular weight excluding hydrogens is 238 g/mol. The lowest BCUT2D eigenvalue weighted by molar-refractivity contribution is 0.885. The van der Waals surface area contributed by atoms with Crippen molar-refractivity contribution in [1.29, 1.82) is 0 Å². The van der Waals surface area contributed by atoms with E-state index < -0.39 is 0 Å². The summed E-state index contributed by atoms with van der Waals surface area (Å²) in [5, 5.41) is 6.31. The van der Waals surface area contributed by atoms with E-state index in [2.05, 4.69) is 39.4 Å². The van der Waals surface area contributed by atoms with E-state index in [1.165, 1.54) is 11.1 Å². The first-order chi connectivity index (χ1) is 9.33. The fraction of sp³-hybridized carbons (Fsp3) is 0.133. The van der Waals surface area contributed by atoms with Gasteiger partial charge in [0.15, 0.2) is 0 Å². The zero-order valence-corrected chi connectivity index (χ0v) is 10.3. The van der Waals surface area contributed by atoms with Gasteiger partial charge in [0.1, 0.15) is 0 Å². The molecule has 0 spiro atoms. The number of aromatic nitrogens is 2. The van der Waals surface area contributed by atoms with Crippen LogP contribution in [0.3, 0.4) is 0 Å². The van der Waals surface area contributed by atoms with E-state index in [0.29, 0.717) is 0 Å². The van der Waals surface area contributed by atoms with Crippen LogP contribution in [0.2, 0.25) is 0 Å². The number of hydrogen-bond donors (Lipinski definition) is 2. The van der Waals surface area contributed by atoms with Gasteiger partial charge in [-0.3, -0.25) is 15.0 Å². The minimum Gasteiger partial charge on any atom is -0.362 e. The molecule has 3 aromatic rings. The minimum atomic E-state index is -0.0541. The van der Waals surface area contributed by atoms with Crippen molar-refractivity contribution in [3.8, 4) is 0 Å². The Balaban J connectivity index is 1.85. The summed E-state index contributed by atoms with van der Waals surface area (Å²) >= 11 is 0. The van der Waals surface area contributed by atoms with Gasteiger partial charge < -0.3 is 4.90 Å². The van der Waals surface area contributed by atoms with Crippen molar-refractivity contribution in [2.24, 2.45) is 0 Å².